The first-order valence-corrected chi connectivity index (χ1v) is 8.07. The minimum atomic E-state index is -0.922. The molecule has 2 nitrogen and oxygen atoms in total. The summed E-state index contributed by atoms with van der Waals surface area (Å²) in [5.41, 5.74) is 1.37. The summed E-state index contributed by atoms with van der Waals surface area (Å²) in [5, 5.41) is 0.607. The minimum absolute atomic E-state index is 0.283. The van der Waals surface area contributed by atoms with Gasteiger partial charge in [0.2, 0.25) is 0 Å². The average Bonchev–Trinajstić information content (AvgIpc) is 2.96. The van der Waals surface area contributed by atoms with E-state index in [0.29, 0.717) is 34.9 Å². The van der Waals surface area contributed by atoms with Crippen LogP contribution in [0, 0.1) is 29.8 Å². The topological polar surface area (TPSA) is 16.1 Å². The van der Waals surface area contributed by atoms with Gasteiger partial charge in [-0.2, -0.15) is 0 Å². The molecule has 0 N–H and O–H groups in total. The zero-order chi connectivity index (χ0) is 17.1. The van der Waals surface area contributed by atoms with Crippen molar-refractivity contribution in [3.63, 3.8) is 0 Å². The number of rotatable bonds is 5. The molecule has 0 unspecified atom stereocenters. The lowest BCUT2D eigenvalue weighted by Crippen LogP contribution is -2.26. The Kier molecular flexibility index (Phi) is 4.72. The number of fused-ring (bicyclic) bond motifs is 1. The van der Waals surface area contributed by atoms with Gasteiger partial charge < -0.3 is 4.90 Å². The number of nitrogens with zero attached hydrogens (tertiary/aromatic N) is 2. The van der Waals surface area contributed by atoms with E-state index in [0.717, 1.165) is 17.7 Å². The van der Waals surface area contributed by atoms with E-state index < -0.39 is 11.6 Å². The van der Waals surface area contributed by atoms with E-state index in [2.05, 4.69) is 10.9 Å². The van der Waals surface area contributed by atoms with Crippen molar-refractivity contribution < 1.29 is 13.2 Å². The van der Waals surface area contributed by atoms with Crippen LogP contribution in [0.15, 0.2) is 36.4 Å². The minimum Gasteiger partial charge on any atom is -0.337 e. The molecule has 0 aliphatic rings. The molecule has 0 amide bonds. The Morgan fingerprint density at radius 1 is 1.08 bits per heavy atom. The van der Waals surface area contributed by atoms with Crippen LogP contribution < -0.4 is 4.90 Å². The van der Waals surface area contributed by atoms with Gasteiger partial charge in [-0.05, 0) is 30.2 Å². The number of hydrogen-bond acceptors (Lipinski definition) is 3. The van der Waals surface area contributed by atoms with Crippen molar-refractivity contribution in [2.24, 2.45) is 0 Å². The standard InChI is InChI=1S/C18H13F3N2S/c1-2-8-23(9-7-12-3-5-13(19)6-4-12)18-22-16-10-14(20)15(21)11-17(16)24-18/h1,3-6,10-11H,7-9H2. The number of terminal acetylenes is 1. The molecule has 0 atom stereocenters. The highest BCUT2D eigenvalue weighted by Crippen LogP contribution is 2.30. The second-order valence-corrected chi connectivity index (χ2v) is 6.24. The third-order valence-corrected chi connectivity index (χ3v) is 4.63. The zero-order valence-corrected chi connectivity index (χ0v) is 13.4. The molecule has 0 aliphatic carbocycles. The van der Waals surface area contributed by atoms with Gasteiger partial charge in [0.25, 0.3) is 0 Å². The van der Waals surface area contributed by atoms with Gasteiger partial charge >= 0.3 is 0 Å². The molecule has 0 saturated heterocycles. The smallest absolute Gasteiger partial charge is 0.187 e. The molecule has 0 bridgehead atoms. The second-order valence-electron chi connectivity index (χ2n) is 5.23. The number of aromatic nitrogens is 1. The molecule has 0 aliphatic heterocycles. The van der Waals surface area contributed by atoms with Gasteiger partial charge in [-0.1, -0.05) is 29.4 Å². The summed E-state index contributed by atoms with van der Waals surface area (Å²) in [6, 6.07) is 8.46. The number of thiazole rings is 1. The van der Waals surface area contributed by atoms with E-state index in [1.54, 1.807) is 12.1 Å². The summed E-state index contributed by atoms with van der Waals surface area (Å²) in [6.07, 6.45) is 6.07. The molecule has 1 aromatic heterocycles. The molecule has 0 saturated carbocycles. The maximum atomic E-state index is 13.3. The fourth-order valence-electron chi connectivity index (χ4n) is 2.31. The lowest BCUT2D eigenvalue weighted by Gasteiger charge is -2.18. The summed E-state index contributed by atoms with van der Waals surface area (Å²) in [6.45, 7) is 0.895. The maximum Gasteiger partial charge on any atom is 0.187 e. The Hall–Kier alpha value is -2.52. The van der Waals surface area contributed by atoms with Gasteiger partial charge in [-0.15, -0.1) is 6.42 Å². The Bertz CT molecular complexity index is 858. The van der Waals surface area contributed by atoms with Crippen molar-refractivity contribution in [1.29, 1.82) is 0 Å². The van der Waals surface area contributed by atoms with Crippen LogP contribution in [-0.2, 0) is 6.42 Å². The summed E-state index contributed by atoms with van der Waals surface area (Å²) in [5.74, 6) is 0.462. The van der Waals surface area contributed by atoms with Gasteiger partial charge in [0, 0.05) is 12.6 Å². The molecule has 2 aromatic carbocycles. The van der Waals surface area contributed by atoms with Crippen LogP contribution in [0.2, 0.25) is 0 Å². The van der Waals surface area contributed by atoms with E-state index in [-0.39, 0.29) is 5.82 Å². The van der Waals surface area contributed by atoms with Gasteiger partial charge in [0.15, 0.2) is 16.8 Å². The first kappa shape index (κ1) is 16.3. The van der Waals surface area contributed by atoms with Crippen LogP contribution >= 0.6 is 11.3 Å². The number of hydrogen-bond donors (Lipinski definition) is 0. The van der Waals surface area contributed by atoms with Crippen LogP contribution in [0.1, 0.15) is 5.56 Å². The maximum absolute atomic E-state index is 13.3. The third kappa shape index (κ3) is 3.52. The molecule has 1 heterocycles. The van der Waals surface area contributed by atoms with Crippen molar-refractivity contribution in [2.75, 3.05) is 18.0 Å². The highest BCUT2D eigenvalue weighted by atomic mass is 32.1. The number of anilines is 1. The molecule has 3 aromatic rings. The molecular weight excluding hydrogens is 333 g/mol. The lowest BCUT2D eigenvalue weighted by molar-refractivity contribution is 0.511. The SMILES string of the molecule is C#CCN(CCc1ccc(F)cc1)c1nc2cc(F)c(F)cc2s1. The van der Waals surface area contributed by atoms with E-state index >= 15 is 0 Å². The van der Waals surface area contributed by atoms with Crippen LogP contribution in [0.3, 0.4) is 0 Å². The molecule has 6 heteroatoms. The summed E-state index contributed by atoms with van der Waals surface area (Å²) in [7, 11) is 0. The van der Waals surface area contributed by atoms with Crippen molar-refractivity contribution >= 4 is 26.7 Å². The summed E-state index contributed by atoms with van der Waals surface area (Å²) < 4.78 is 40.2. The predicted octanol–water partition coefficient (Wildman–Crippen LogP) is 4.40. The molecule has 24 heavy (non-hydrogen) atoms. The largest absolute Gasteiger partial charge is 0.337 e. The quantitative estimate of drug-likeness (QED) is 0.637. The van der Waals surface area contributed by atoms with Crippen molar-refractivity contribution in [1.82, 2.24) is 4.98 Å². The second kappa shape index (κ2) is 6.93. The fraction of sp³-hybridized carbons (Fsp3) is 0.167. The van der Waals surface area contributed by atoms with E-state index in [1.165, 1.54) is 23.5 Å². The summed E-state index contributed by atoms with van der Waals surface area (Å²) in [4.78, 5) is 6.21. The average molecular weight is 346 g/mol. The van der Waals surface area contributed by atoms with Gasteiger partial charge in [0.1, 0.15) is 5.82 Å². The van der Waals surface area contributed by atoms with Crippen LogP contribution in [0.4, 0.5) is 18.3 Å². The number of halogens is 3. The Balaban J connectivity index is 1.82. The summed E-state index contributed by atoms with van der Waals surface area (Å²) >= 11 is 1.26. The van der Waals surface area contributed by atoms with Crippen molar-refractivity contribution in [3.8, 4) is 12.3 Å². The van der Waals surface area contributed by atoms with Gasteiger partial charge in [-0.3, -0.25) is 0 Å². The predicted molar refractivity (Wildman–Crippen MR) is 90.7 cm³/mol. The highest BCUT2D eigenvalue weighted by Gasteiger charge is 2.14. The van der Waals surface area contributed by atoms with Crippen molar-refractivity contribution in [2.45, 2.75) is 6.42 Å². The zero-order valence-electron chi connectivity index (χ0n) is 12.6. The van der Waals surface area contributed by atoms with Crippen LogP contribution in [-0.4, -0.2) is 18.1 Å². The molecule has 0 spiro atoms. The third-order valence-electron chi connectivity index (χ3n) is 3.56. The molecule has 3 rings (SSSR count). The monoisotopic (exact) mass is 346 g/mol. The van der Waals surface area contributed by atoms with E-state index in [1.807, 2.05) is 4.90 Å². The van der Waals surface area contributed by atoms with Crippen molar-refractivity contribution in [3.05, 3.63) is 59.4 Å². The van der Waals surface area contributed by atoms with Crippen LogP contribution in [0.25, 0.3) is 10.2 Å². The highest BCUT2D eigenvalue weighted by molar-refractivity contribution is 7.22. The molecule has 0 radical (unpaired) electrons. The molecule has 122 valence electrons. The first-order chi connectivity index (χ1) is 11.6. The van der Waals surface area contributed by atoms with Gasteiger partial charge in [0.05, 0.1) is 16.8 Å². The normalized spacial score (nSPS) is 10.8. The number of benzene rings is 2. The van der Waals surface area contributed by atoms with Crippen LogP contribution in [0.5, 0.6) is 0 Å². The first-order valence-electron chi connectivity index (χ1n) is 7.25. The molecule has 0 fully saturated rings. The Morgan fingerprint density at radius 2 is 1.79 bits per heavy atom. The fourth-order valence-corrected chi connectivity index (χ4v) is 3.31. The van der Waals surface area contributed by atoms with E-state index in [4.69, 9.17) is 6.42 Å². The van der Waals surface area contributed by atoms with Gasteiger partial charge in [-0.25, -0.2) is 18.2 Å². The lowest BCUT2D eigenvalue weighted by atomic mass is 10.1. The Labute approximate surface area is 141 Å². The van der Waals surface area contributed by atoms with E-state index in [9.17, 15) is 13.2 Å². The Morgan fingerprint density at radius 3 is 2.50 bits per heavy atom. The molecular formula is C18H13F3N2S.